The monoisotopic (exact) mass is 410 g/mol. The summed E-state index contributed by atoms with van der Waals surface area (Å²) in [5.41, 5.74) is 3.21. The molecule has 1 unspecified atom stereocenters. The standard InChI is InChI=1S/C22H19ClN2O4/c1-2-28-22(27)17-18(20-14-6-4-3-5-13(14)19(17)29-20)25-21(26)16-10-11-9-12(23)7-8-15(11)24-16/h3-10,17-20,24H,2H2,1H3,(H,25,26)/t17-,18?,19-,20+/m0/s1. The van der Waals surface area contributed by atoms with Gasteiger partial charge in [0.15, 0.2) is 0 Å². The Hall–Kier alpha value is -2.83. The molecule has 2 bridgehead atoms. The quantitative estimate of drug-likeness (QED) is 0.639. The van der Waals surface area contributed by atoms with Crippen LogP contribution in [0.1, 0.15) is 40.7 Å². The maximum atomic E-state index is 13.0. The lowest BCUT2D eigenvalue weighted by molar-refractivity contribution is -0.150. The van der Waals surface area contributed by atoms with Gasteiger partial charge in [0.1, 0.15) is 17.7 Å². The molecule has 148 valence electrons. The van der Waals surface area contributed by atoms with Crippen LogP contribution in [0.15, 0.2) is 48.5 Å². The summed E-state index contributed by atoms with van der Waals surface area (Å²) in [6.07, 6.45) is -0.796. The Morgan fingerprint density at radius 1 is 1.14 bits per heavy atom. The molecule has 3 aromatic rings. The fourth-order valence-corrected chi connectivity index (χ4v) is 4.58. The molecule has 6 nitrogen and oxygen atoms in total. The third-order valence-corrected chi connectivity index (χ3v) is 5.86. The summed E-state index contributed by atoms with van der Waals surface area (Å²) < 4.78 is 11.4. The summed E-state index contributed by atoms with van der Waals surface area (Å²) in [4.78, 5) is 28.8. The number of hydrogen-bond acceptors (Lipinski definition) is 4. The maximum absolute atomic E-state index is 13.0. The van der Waals surface area contributed by atoms with Crippen molar-refractivity contribution in [1.82, 2.24) is 10.3 Å². The van der Waals surface area contributed by atoms with Crippen LogP contribution in [0, 0.1) is 5.92 Å². The summed E-state index contributed by atoms with van der Waals surface area (Å²) in [6, 6.07) is 14.4. The van der Waals surface area contributed by atoms with Crippen molar-refractivity contribution in [2.24, 2.45) is 5.92 Å². The first kappa shape index (κ1) is 18.2. The van der Waals surface area contributed by atoms with Crippen LogP contribution in [0.4, 0.5) is 0 Å². The minimum atomic E-state index is -0.586. The molecule has 2 aliphatic heterocycles. The molecular formula is C22H19ClN2O4. The molecule has 2 aromatic carbocycles. The number of halogens is 1. The van der Waals surface area contributed by atoms with E-state index in [-0.39, 0.29) is 24.6 Å². The fourth-order valence-electron chi connectivity index (χ4n) is 4.40. The number of carbonyl (C=O) groups is 2. The van der Waals surface area contributed by atoms with E-state index >= 15 is 0 Å². The van der Waals surface area contributed by atoms with E-state index in [1.165, 1.54) is 0 Å². The molecule has 5 rings (SSSR count). The molecule has 1 saturated heterocycles. The van der Waals surface area contributed by atoms with Crippen LogP contribution in [0.25, 0.3) is 10.9 Å². The van der Waals surface area contributed by atoms with Gasteiger partial charge in [-0.2, -0.15) is 0 Å². The van der Waals surface area contributed by atoms with Crippen LogP contribution >= 0.6 is 11.6 Å². The molecular weight excluding hydrogens is 392 g/mol. The van der Waals surface area contributed by atoms with Crippen molar-refractivity contribution in [3.63, 3.8) is 0 Å². The largest absolute Gasteiger partial charge is 0.466 e. The van der Waals surface area contributed by atoms with E-state index in [2.05, 4.69) is 10.3 Å². The molecule has 2 N–H and O–H groups in total. The molecule has 3 heterocycles. The Bertz CT molecular complexity index is 1120. The van der Waals surface area contributed by atoms with E-state index in [4.69, 9.17) is 21.1 Å². The van der Waals surface area contributed by atoms with Gasteiger partial charge in [-0.05, 0) is 42.3 Å². The second kappa shape index (κ2) is 6.90. The van der Waals surface area contributed by atoms with Crippen molar-refractivity contribution in [3.05, 3.63) is 70.4 Å². The molecule has 1 amide bonds. The molecule has 1 fully saturated rings. The smallest absolute Gasteiger partial charge is 0.314 e. The predicted octanol–water partition coefficient (Wildman–Crippen LogP) is 3.93. The van der Waals surface area contributed by atoms with Crippen molar-refractivity contribution < 1.29 is 19.1 Å². The lowest BCUT2D eigenvalue weighted by Crippen LogP contribution is -2.46. The molecule has 0 aliphatic carbocycles. The van der Waals surface area contributed by atoms with Crippen LogP contribution < -0.4 is 5.32 Å². The number of nitrogens with one attached hydrogen (secondary N) is 2. The number of esters is 1. The van der Waals surface area contributed by atoms with E-state index in [1.807, 2.05) is 30.3 Å². The first-order valence-corrected chi connectivity index (χ1v) is 9.94. The Morgan fingerprint density at radius 3 is 2.66 bits per heavy atom. The number of fused-ring (bicyclic) bond motifs is 6. The summed E-state index contributed by atoms with van der Waals surface area (Å²) >= 11 is 6.04. The van der Waals surface area contributed by atoms with Crippen LogP contribution in [-0.2, 0) is 14.3 Å². The third kappa shape index (κ3) is 2.91. The molecule has 0 spiro atoms. The number of ether oxygens (including phenoxy) is 2. The highest BCUT2D eigenvalue weighted by atomic mass is 35.5. The molecule has 2 aliphatic rings. The Kier molecular flexibility index (Phi) is 4.33. The van der Waals surface area contributed by atoms with E-state index < -0.39 is 18.1 Å². The molecule has 0 saturated carbocycles. The highest BCUT2D eigenvalue weighted by Crippen LogP contribution is 2.54. The van der Waals surface area contributed by atoms with Gasteiger partial charge in [0.2, 0.25) is 0 Å². The summed E-state index contributed by atoms with van der Waals surface area (Å²) in [5.74, 6) is -1.24. The second-order valence-corrected chi connectivity index (χ2v) is 7.73. The van der Waals surface area contributed by atoms with Crippen LogP contribution in [0.5, 0.6) is 0 Å². The lowest BCUT2D eigenvalue weighted by atomic mass is 9.80. The van der Waals surface area contributed by atoms with E-state index in [1.54, 1.807) is 25.1 Å². The highest BCUT2D eigenvalue weighted by molar-refractivity contribution is 6.31. The zero-order valence-electron chi connectivity index (χ0n) is 15.6. The Morgan fingerprint density at radius 2 is 1.90 bits per heavy atom. The highest BCUT2D eigenvalue weighted by Gasteiger charge is 2.56. The minimum Gasteiger partial charge on any atom is -0.466 e. The van der Waals surface area contributed by atoms with E-state index in [0.29, 0.717) is 10.7 Å². The third-order valence-electron chi connectivity index (χ3n) is 5.63. The van der Waals surface area contributed by atoms with Gasteiger partial charge >= 0.3 is 5.97 Å². The normalized spacial score (nSPS) is 24.5. The molecule has 0 radical (unpaired) electrons. The van der Waals surface area contributed by atoms with Crippen molar-refractivity contribution in [2.45, 2.75) is 25.2 Å². The second-order valence-electron chi connectivity index (χ2n) is 7.30. The van der Waals surface area contributed by atoms with Gasteiger partial charge in [0.05, 0.1) is 18.8 Å². The van der Waals surface area contributed by atoms with Crippen LogP contribution in [0.3, 0.4) is 0 Å². The molecule has 1 aromatic heterocycles. The number of carbonyl (C=O) groups excluding carboxylic acids is 2. The first-order valence-electron chi connectivity index (χ1n) is 9.57. The minimum absolute atomic E-state index is 0.276. The number of H-pyrrole nitrogens is 1. The van der Waals surface area contributed by atoms with Crippen LogP contribution in [-0.4, -0.2) is 29.5 Å². The summed E-state index contributed by atoms with van der Waals surface area (Å²) in [5, 5.41) is 4.45. The average molecular weight is 411 g/mol. The topological polar surface area (TPSA) is 80.4 Å². The number of aromatic amines is 1. The molecule has 7 heteroatoms. The van der Waals surface area contributed by atoms with Gasteiger partial charge < -0.3 is 19.8 Å². The van der Waals surface area contributed by atoms with Gasteiger partial charge in [0.25, 0.3) is 5.91 Å². The van der Waals surface area contributed by atoms with E-state index in [9.17, 15) is 9.59 Å². The lowest BCUT2D eigenvalue weighted by Gasteiger charge is -2.28. The van der Waals surface area contributed by atoms with Crippen molar-refractivity contribution >= 4 is 34.4 Å². The first-order chi connectivity index (χ1) is 14.1. The number of benzene rings is 2. The number of amides is 1. The van der Waals surface area contributed by atoms with Gasteiger partial charge in [-0.1, -0.05) is 35.9 Å². The van der Waals surface area contributed by atoms with Crippen molar-refractivity contribution in [2.75, 3.05) is 6.61 Å². The number of hydrogen-bond donors (Lipinski definition) is 2. The van der Waals surface area contributed by atoms with Gasteiger partial charge in [0, 0.05) is 15.9 Å². The molecule has 4 atom stereocenters. The van der Waals surface area contributed by atoms with Crippen molar-refractivity contribution in [3.8, 4) is 0 Å². The van der Waals surface area contributed by atoms with Crippen molar-refractivity contribution in [1.29, 1.82) is 0 Å². The SMILES string of the molecule is CCOC(=O)[C@H]1C(NC(=O)c2cc3cc(Cl)ccc3[nH]2)[C@@H]2O[C@H]1c1ccccc12. The summed E-state index contributed by atoms with van der Waals surface area (Å²) in [6.45, 7) is 2.04. The zero-order valence-corrected chi connectivity index (χ0v) is 16.4. The Labute approximate surface area is 172 Å². The zero-order chi connectivity index (χ0) is 20.1. The van der Waals surface area contributed by atoms with E-state index in [0.717, 1.165) is 22.0 Å². The van der Waals surface area contributed by atoms with Crippen LogP contribution in [0.2, 0.25) is 5.02 Å². The average Bonchev–Trinajstić information content (AvgIpc) is 3.39. The maximum Gasteiger partial charge on any atom is 0.314 e. The van der Waals surface area contributed by atoms with Gasteiger partial charge in [-0.15, -0.1) is 0 Å². The number of rotatable bonds is 4. The van der Waals surface area contributed by atoms with Gasteiger partial charge in [-0.3, -0.25) is 9.59 Å². The molecule has 29 heavy (non-hydrogen) atoms. The fraction of sp³-hybridized carbons (Fsp3) is 0.273. The predicted molar refractivity (Wildman–Crippen MR) is 108 cm³/mol. The number of aromatic nitrogens is 1. The van der Waals surface area contributed by atoms with Gasteiger partial charge in [-0.25, -0.2) is 0 Å². The Balaban J connectivity index is 1.46. The summed E-state index contributed by atoms with van der Waals surface area (Å²) in [7, 11) is 0.